The molecule has 0 aliphatic carbocycles. The Balaban J connectivity index is 1.78. The SMILES string of the molecule is COc1ccc(-c2nnc(C(C)OC(=O)c3cc([N+](=O)[O-])ccc3NCCO)o2)cc1. The molecule has 11 nitrogen and oxygen atoms in total. The lowest BCUT2D eigenvalue weighted by Crippen LogP contribution is -2.14. The molecule has 1 heterocycles. The first-order valence-corrected chi connectivity index (χ1v) is 9.25. The number of benzene rings is 2. The molecule has 3 aromatic rings. The van der Waals surface area contributed by atoms with E-state index in [0.29, 0.717) is 17.0 Å². The number of ether oxygens (including phenoxy) is 2. The first kappa shape index (κ1) is 21.7. The molecule has 0 bridgehead atoms. The van der Waals surface area contributed by atoms with Crippen LogP contribution in [0.25, 0.3) is 11.5 Å². The molecule has 0 saturated carbocycles. The van der Waals surface area contributed by atoms with E-state index in [1.807, 2.05) is 0 Å². The van der Waals surface area contributed by atoms with Crippen molar-refractivity contribution in [3.63, 3.8) is 0 Å². The minimum absolute atomic E-state index is 0.0515. The number of non-ortho nitro benzene ring substituents is 1. The van der Waals surface area contributed by atoms with E-state index in [0.717, 1.165) is 6.07 Å². The molecular formula is C20H20N4O7. The molecule has 3 rings (SSSR count). The van der Waals surface area contributed by atoms with Gasteiger partial charge in [0.05, 0.1) is 24.2 Å². The van der Waals surface area contributed by atoms with Crippen LogP contribution in [0.5, 0.6) is 5.75 Å². The van der Waals surface area contributed by atoms with Crippen LogP contribution in [0.1, 0.15) is 29.3 Å². The number of carbonyl (C=O) groups is 1. The van der Waals surface area contributed by atoms with Gasteiger partial charge < -0.3 is 24.3 Å². The topological polar surface area (TPSA) is 150 Å². The molecule has 1 atom stereocenters. The summed E-state index contributed by atoms with van der Waals surface area (Å²) in [4.78, 5) is 23.1. The largest absolute Gasteiger partial charge is 0.497 e. The third kappa shape index (κ3) is 5.14. The summed E-state index contributed by atoms with van der Waals surface area (Å²) in [5.41, 5.74) is 0.631. The molecule has 1 unspecified atom stereocenters. The Morgan fingerprint density at radius 2 is 2.00 bits per heavy atom. The summed E-state index contributed by atoms with van der Waals surface area (Å²) >= 11 is 0. The molecule has 0 aliphatic rings. The second-order valence-electron chi connectivity index (χ2n) is 6.36. The third-order valence-electron chi connectivity index (χ3n) is 4.27. The second kappa shape index (κ2) is 9.67. The lowest BCUT2D eigenvalue weighted by Gasteiger charge is -2.13. The summed E-state index contributed by atoms with van der Waals surface area (Å²) in [5, 5.41) is 30.8. The maximum absolute atomic E-state index is 12.7. The van der Waals surface area contributed by atoms with E-state index in [1.54, 1.807) is 38.3 Å². The highest BCUT2D eigenvalue weighted by atomic mass is 16.6. The Morgan fingerprint density at radius 1 is 1.26 bits per heavy atom. The number of methoxy groups -OCH3 is 1. The van der Waals surface area contributed by atoms with Crippen LogP contribution in [-0.2, 0) is 4.74 Å². The fourth-order valence-corrected chi connectivity index (χ4v) is 2.68. The molecule has 0 saturated heterocycles. The number of rotatable bonds is 9. The smallest absolute Gasteiger partial charge is 0.341 e. The van der Waals surface area contributed by atoms with Gasteiger partial charge >= 0.3 is 5.97 Å². The summed E-state index contributed by atoms with van der Waals surface area (Å²) in [6, 6.07) is 10.7. The van der Waals surface area contributed by atoms with Crippen LogP contribution in [0.2, 0.25) is 0 Å². The van der Waals surface area contributed by atoms with Gasteiger partial charge in [-0.15, -0.1) is 10.2 Å². The number of aliphatic hydroxyl groups is 1. The van der Waals surface area contributed by atoms with Crippen molar-refractivity contribution >= 4 is 17.3 Å². The molecule has 31 heavy (non-hydrogen) atoms. The number of aromatic nitrogens is 2. The van der Waals surface area contributed by atoms with Gasteiger partial charge in [-0.05, 0) is 37.3 Å². The Hall–Kier alpha value is -3.99. The predicted octanol–water partition coefficient (Wildman–Crippen LogP) is 2.98. The molecule has 1 aromatic heterocycles. The van der Waals surface area contributed by atoms with Crippen LogP contribution in [0.15, 0.2) is 46.9 Å². The van der Waals surface area contributed by atoms with E-state index in [-0.39, 0.29) is 36.2 Å². The van der Waals surface area contributed by atoms with Crippen molar-refractivity contribution in [3.05, 3.63) is 64.0 Å². The van der Waals surface area contributed by atoms with E-state index >= 15 is 0 Å². The highest BCUT2D eigenvalue weighted by Crippen LogP contribution is 2.27. The Bertz CT molecular complexity index is 1070. The fourth-order valence-electron chi connectivity index (χ4n) is 2.68. The van der Waals surface area contributed by atoms with Gasteiger partial charge in [-0.2, -0.15) is 0 Å². The van der Waals surface area contributed by atoms with Gasteiger partial charge in [-0.3, -0.25) is 10.1 Å². The van der Waals surface area contributed by atoms with Gasteiger partial charge in [-0.1, -0.05) is 0 Å². The van der Waals surface area contributed by atoms with Crippen molar-refractivity contribution < 1.29 is 28.7 Å². The van der Waals surface area contributed by atoms with Crippen LogP contribution < -0.4 is 10.1 Å². The van der Waals surface area contributed by atoms with E-state index in [1.165, 1.54) is 12.1 Å². The average Bonchev–Trinajstić information content (AvgIpc) is 3.28. The zero-order valence-corrected chi connectivity index (χ0v) is 16.8. The van der Waals surface area contributed by atoms with E-state index in [9.17, 15) is 14.9 Å². The number of nitrogens with zero attached hydrogens (tertiary/aromatic N) is 3. The van der Waals surface area contributed by atoms with Crippen molar-refractivity contribution in [2.75, 3.05) is 25.6 Å². The molecule has 0 radical (unpaired) electrons. The molecule has 11 heteroatoms. The van der Waals surface area contributed by atoms with Crippen LogP contribution in [-0.4, -0.2) is 46.5 Å². The Labute approximate surface area is 176 Å². The predicted molar refractivity (Wildman–Crippen MR) is 109 cm³/mol. The Kier molecular flexibility index (Phi) is 6.78. The van der Waals surface area contributed by atoms with E-state index < -0.39 is 17.0 Å². The van der Waals surface area contributed by atoms with Crippen molar-refractivity contribution in [1.82, 2.24) is 10.2 Å². The minimum Gasteiger partial charge on any atom is -0.497 e. The molecule has 0 spiro atoms. The van der Waals surface area contributed by atoms with Gasteiger partial charge in [0.25, 0.3) is 11.6 Å². The minimum atomic E-state index is -0.906. The summed E-state index contributed by atoms with van der Waals surface area (Å²) in [6.07, 6.45) is -0.906. The zero-order valence-electron chi connectivity index (χ0n) is 16.8. The zero-order chi connectivity index (χ0) is 22.4. The van der Waals surface area contributed by atoms with Gasteiger partial charge in [-0.25, -0.2) is 4.79 Å². The van der Waals surface area contributed by atoms with Gasteiger partial charge in [0.1, 0.15) is 5.75 Å². The standard InChI is InChI=1S/C20H20N4O7/c1-12(18-22-23-19(31-18)13-3-6-15(29-2)7-4-13)30-20(26)16-11-14(24(27)28)5-8-17(16)21-9-10-25/h3-8,11-12,21,25H,9-10H2,1-2H3. The summed E-state index contributed by atoms with van der Waals surface area (Å²) in [7, 11) is 1.56. The highest BCUT2D eigenvalue weighted by molar-refractivity contribution is 5.96. The second-order valence-corrected chi connectivity index (χ2v) is 6.36. The van der Waals surface area contributed by atoms with E-state index in [2.05, 4.69) is 15.5 Å². The quantitative estimate of drug-likeness (QED) is 0.296. The maximum Gasteiger partial charge on any atom is 0.341 e. The van der Waals surface area contributed by atoms with Crippen LogP contribution in [0, 0.1) is 10.1 Å². The number of nitro groups is 1. The number of nitro benzene ring substituents is 1. The molecule has 0 aliphatic heterocycles. The van der Waals surface area contributed by atoms with E-state index in [4.69, 9.17) is 19.0 Å². The number of nitrogens with one attached hydrogen (secondary N) is 1. The molecule has 0 amide bonds. The Morgan fingerprint density at radius 3 is 2.65 bits per heavy atom. The average molecular weight is 428 g/mol. The van der Waals surface area contributed by atoms with Crippen LogP contribution in [0.4, 0.5) is 11.4 Å². The summed E-state index contributed by atoms with van der Waals surface area (Å²) < 4.78 is 16.1. The van der Waals surface area contributed by atoms with Crippen molar-refractivity contribution in [2.24, 2.45) is 0 Å². The summed E-state index contributed by atoms with van der Waals surface area (Å²) in [6.45, 7) is 1.52. The number of esters is 1. The van der Waals surface area contributed by atoms with Crippen molar-refractivity contribution in [3.8, 4) is 17.2 Å². The number of anilines is 1. The van der Waals surface area contributed by atoms with Crippen molar-refractivity contribution in [1.29, 1.82) is 0 Å². The van der Waals surface area contributed by atoms with Crippen molar-refractivity contribution in [2.45, 2.75) is 13.0 Å². The van der Waals surface area contributed by atoms with Gasteiger partial charge in [0, 0.05) is 29.9 Å². The molecule has 162 valence electrons. The highest BCUT2D eigenvalue weighted by Gasteiger charge is 2.23. The monoisotopic (exact) mass is 428 g/mol. The van der Waals surface area contributed by atoms with Gasteiger partial charge in [0.15, 0.2) is 6.10 Å². The first-order valence-electron chi connectivity index (χ1n) is 9.25. The summed E-state index contributed by atoms with van der Waals surface area (Å²) in [5.74, 6) is 0.157. The number of carbonyl (C=O) groups excluding carboxylic acids is 1. The fraction of sp³-hybridized carbons (Fsp3) is 0.250. The van der Waals surface area contributed by atoms with Crippen LogP contribution in [0.3, 0.4) is 0 Å². The first-order chi connectivity index (χ1) is 14.9. The maximum atomic E-state index is 12.7. The number of hydrogen-bond acceptors (Lipinski definition) is 10. The number of hydrogen-bond donors (Lipinski definition) is 2. The van der Waals surface area contributed by atoms with Crippen LogP contribution >= 0.6 is 0 Å². The lowest BCUT2D eigenvalue weighted by atomic mass is 10.1. The molecule has 2 N–H and O–H groups in total. The molecule has 2 aromatic carbocycles. The van der Waals surface area contributed by atoms with Gasteiger partial charge in [0.2, 0.25) is 5.89 Å². The normalized spacial score (nSPS) is 11.6. The number of aliphatic hydroxyl groups excluding tert-OH is 1. The third-order valence-corrected chi connectivity index (χ3v) is 4.27. The molecular weight excluding hydrogens is 408 g/mol. The molecule has 0 fully saturated rings. The lowest BCUT2D eigenvalue weighted by molar-refractivity contribution is -0.384.